The van der Waals surface area contributed by atoms with Crippen molar-refractivity contribution in [1.29, 1.82) is 0 Å². The molecule has 4 heterocycles. The molecule has 2 saturated heterocycles. The summed E-state index contributed by atoms with van der Waals surface area (Å²) in [7, 11) is -3.19. The van der Waals surface area contributed by atoms with Gasteiger partial charge in [0, 0.05) is 17.4 Å². The van der Waals surface area contributed by atoms with E-state index in [0.717, 1.165) is 22.2 Å². The van der Waals surface area contributed by atoms with Crippen molar-refractivity contribution in [2.24, 2.45) is 0 Å². The second-order valence-corrected chi connectivity index (χ2v) is 9.74. The van der Waals surface area contributed by atoms with Gasteiger partial charge in [0.2, 0.25) is 0 Å². The molecule has 1 aromatic carbocycles. The largest absolute Gasteiger partial charge is 0.356 e. The van der Waals surface area contributed by atoms with Gasteiger partial charge in [-0.25, -0.2) is 13.2 Å². The van der Waals surface area contributed by atoms with Crippen LogP contribution in [0.25, 0.3) is 10.9 Å². The van der Waals surface area contributed by atoms with Crippen LogP contribution in [0.4, 0.5) is 4.79 Å². The molecule has 2 aromatic rings. The maximum Gasteiger partial charge on any atom is 0.328 e. The summed E-state index contributed by atoms with van der Waals surface area (Å²) in [6, 6.07) is 6.94. The number of aromatic amines is 1. The van der Waals surface area contributed by atoms with Gasteiger partial charge in [-0.3, -0.25) is 9.69 Å². The van der Waals surface area contributed by atoms with E-state index in [9.17, 15) is 18.0 Å². The molecule has 2 fully saturated rings. The normalized spacial score (nSPS) is 30.1. The fourth-order valence-corrected chi connectivity index (χ4v) is 6.42. The molecule has 0 saturated carbocycles. The van der Waals surface area contributed by atoms with Crippen LogP contribution in [0.1, 0.15) is 24.6 Å². The number of carbonyl (C=O) groups is 2. The fraction of sp³-hybridized carbons (Fsp3) is 0.444. The lowest BCUT2D eigenvalue weighted by atomic mass is 9.87. The molecule has 2 atom stereocenters. The highest BCUT2D eigenvalue weighted by atomic mass is 32.2. The van der Waals surface area contributed by atoms with Crippen LogP contribution in [0, 0.1) is 0 Å². The first kappa shape index (κ1) is 15.9. The van der Waals surface area contributed by atoms with Crippen molar-refractivity contribution in [3.05, 3.63) is 35.5 Å². The van der Waals surface area contributed by atoms with E-state index in [1.165, 1.54) is 4.90 Å². The summed E-state index contributed by atoms with van der Waals surface area (Å²) in [6.45, 7) is 2.22. The lowest BCUT2D eigenvalue weighted by Gasteiger charge is -2.36. The second-order valence-electron chi connectivity index (χ2n) is 7.51. The number of carbonyl (C=O) groups excluding carboxylic acids is 2. The number of rotatable bonds is 1. The van der Waals surface area contributed by atoms with Gasteiger partial charge < -0.3 is 9.88 Å². The fourth-order valence-electron chi connectivity index (χ4n) is 4.72. The Morgan fingerprint density at radius 3 is 2.73 bits per heavy atom. The number of nitrogens with zero attached hydrogens (tertiary/aromatic N) is 2. The van der Waals surface area contributed by atoms with E-state index in [-0.39, 0.29) is 23.4 Å². The second kappa shape index (κ2) is 4.88. The quantitative estimate of drug-likeness (QED) is 0.765. The van der Waals surface area contributed by atoms with Crippen LogP contribution in [0.2, 0.25) is 0 Å². The van der Waals surface area contributed by atoms with E-state index in [0.29, 0.717) is 19.4 Å². The van der Waals surface area contributed by atoms with Crippen LogP contribution in [0.3, 0.4) is 0 Å². The number of hydrogen-bond acceptors (Lipinski definition) is 4. The van der Waals surface area contributed by atoms with Crippen molar-refractivity contribution in [1.82, 2.24) is 14.8 Å². The molecular weight excluding hydrogens is 354 g/mol. The first-order valence-electron chi connectivity index (χ1n) is 8.79. The zero-order valence-corrected chi connectivity index (χ0v) is 15.2. The Morgan fingerprint density at radius 1 is 1.23 bits per heavy atom. The molecule has 0 spiro atoms. The Balaban J connectivity index is 1.64. The van der Waals surface area contributed by atoms with Crippen molar-refractivity contribution in [2.75, 3.05) is 18.1 Å². The zero-order valence-electron chi connectivity index (χ0n) is 14.4. The van der Waals surface area contributed by atoms with Crippen molar-refractivity contribution >= 4 is 32.7 Å². The molecule has 8 heteroatoms. The number of nitrogens with one attached hydrogen (secondary N) is 1. The third-order valence-corrected chi connectivity index (χ3v) is 7.82. The molecule has 0 radical (unpaired) electrons. The van der Waals surface area contributed by atoms with Crippen LogP contribution in [-0.2, 0) is 26.6 Å². The summed E-state index contributed by atoms with van der Waals surface area (Å²) in [6.07, 6.45) is 0.994. The minimum Gasteiger partial charge on any atom is -0.356 e. The minimum atomic E-state index is -3.19. The molecule has 1 N–H and O–H groups in total. The van der Waals surface area contributed by atoms with E-state index >= 15 is 0 Å². The summed E-state index contributed by atoms with van der Waals surface area (Å²) in [4.78, 5) is 32.5. The van der Waals surface area contributed by atoms with Gasteiger partial charge in [-0.1, -0.05) is 18.2 Å². The number of para-hydroxylation sites is 1. The highest BCUT2D eigenvalue weighted by molar-refractivity contribution is 7.91. The average molecular weight is 373 g/mol. The summed E-state index contributed by atoms with van der Waals surface area (Å²) < 4.78 is 23.7. The third-order valence-electron chi connectivity index (χ3n) is 6.07. The van der Waals surface area contributed by atoms with Crippen LogP contribution >= 0.6 is 0 Å². The van der Waals surface area contributed by atoms with Crippen molar-refractivity contribution < 1.29 is 18.0 Å². The van der Waals surface area contributed by atoms with Gasteiger partial charge in [-0.15, -0.1) is 0 Å². The van der Waals surface area contributed by atoms with Gasteiger partial charge in [0.05, 0.1) is 23.2 Å². The highest BCUT2D eigenvalue weighted by Gasteiger charge is 2.60. The van der Waals surface area contributed by atoms with Gasteiger partial charge in [-0.05, 0) is 31.4 Å². The Morgan fingerprint density at radius 2 is 2.00 bits per heavy atom. The van der Waals surface area contributed by atoms with E-state index in [4.69, 9.17) is 0 Å². The topological polar surface area (TPSA) is 90.6 Å². The molecule has 5 rings (SSSR count). The molecule has 2 unspecified atom stereocenters. The molecule has 7 nitrogen and oxygen atoms in total. The van der Waals surface area contributed by atoms with Gasteiger partial charge in [0.25, 0.3) is 5.91 Å². The zero-order chi connectivity index (χ0) is 18.3. The predicted octanol–water partition coefficient (Wildman–Crippen LogP) is 1.39. The Bertz CT molecular complexity index is 1070. The van der Waals surface area contributed by atoms with Gasteiger partial charge >= 0.3 is 6.03 Å². The van der Waals surface area contributed by atoms with E-state index in [1.54, 1.807) is 11.8 Å². The number of urea groups is 1. The lowest BCUT2D eigenvalue weighted by Crippen LogP contribution is -2.49. The van der Waals surface area contributed by atoms with Crippen LogP contribution in [0.5, 0.6) is 0 Å². The van der Waals surface area contributed by atoms with Crippen LogP contribution < -0.4 is 0 Å². The van der Waals surface area contributed by atoms with E-state index < -0.39 is 21.4 Å². The van der Waals surface area contributed by atoms with E-state index in [2.05, 4.69) is 4.98 Å². The van der Waals surface area contributed by atoms with Crippen molar-refractivity contribution in [3.63, 3.8) is 0 Å². The molecule has 26 heavy (non-hydrogen) atoms. The minimum absolute atomic E-state index is 0.0308. The Hall–Kier alpha value is -2.35. The Labute approximate surface area is 150 Å². The molecule has 1 aromatic heterocycles. The maximum atomic E-state index is 13.4. The van der Waals surface area contributed by atoms with Crippen molar-refractivity contribution in [2.45, 2.75) is 31.3 Å². The number of fused-ring (bicyclic) bond motifs is 5. The van der Waals surface area contributed by atoms with Crippen molar-refractivity contribution in [3.8, 4) is 0 Å². The maximum absolute atomic E-state index is 13.4. The van der Waals surface area contributed by atoms with Gasteiger partial charge in [0.1, 0.15) is 0 Å². The molecule has 0 aliphatic carbocycles. The molecule has 3 amide bonds. The molecular formula is C18H19N3O4S. The number of sulfone groups is 1. The summed E-state index contributed by atoms with van der Waals surface area (Å²) >= 11 is 0. The molecule has 3 aliphatic rings. The molecule has 0 bridgehead atoms. The van der Waals surface area contributed by atoms with Crippen LogP contribution in [-0.4, -0.2) is 59.2 Å². The average Bonchev–Trinajstić information content (AvgIpc) is 3.21. The Kier molecular flexibility index (Phi) is 2.98. The predicted molar refractivity (Wildman–Crippen MR) is 95.4 cm³/mol. The number of hydrogen-bond donors (Lipinski definition) is 1. The first-order chi connectivity index (χ1) is 12.3. The van der Waals surface area contributed by atoms with Gasteiger partial charge in [-0.2, -0.15) is 0 Å². The van der Waals surface area contributed by atoms with E-state index in [1.807, 2.05) is 24.3 Å². The number of H-pyrrole nitrogens is 1. The van der Waals surface area contributed by atoms with Crippen LogP contribution in [0.15, 0.2) is 24.3 Å². The lowest BCUT2D eigenvalue weighted by molar-refractivity contribution is -0.134. The van der Waals surface area contributed by atoms with Gasteiger partial charge in [0.15, 0.2) is 15.4 Å². The third kappa shape index (κ3) is 1.85. The summed E-state index contributed by atoms with van der Waals surface area (Å²) in [5.74, 6) is -0.422. The smallest absolute Gasteiger partial charge is 0.328 e. The number of amides is 3. The number of aromatic nitrogens is 1. The molecule has 136 valence electrons. The first-order valence-corrected chi connectivity index (χ1v) is 10.6. The number of benzene rings is 1. The SMILES string of the molecule is CC12C(=O)N(C3CCS(=O)(=O)C3)C(=O)N1CCc1c2[nH]c2ccccc12. The number of imide groups is 1. The highest BCUT2D eigenvalue weighted by Crippen LogP contribution is 2.45. The summed E-state index contributed by atoms with van der Waals surface area (Å²) in [5, 5.41) is 1.07. The summed E-state index contributed by atoms with van der Waals surface area (Å²) in [5.41, 5.74) is 1.67. The molecule has 3 aliphatic heterocycles. The monoisotopic (exact) mass is 373 g/mol. The standard InChI is InChI=1S/C18H19N3O4S/c1-18-15-13(12-4-2-3-5-14(12)19-15)6-8-20(18)17(23)21(16(18)22)11-7-9-26(24,25)10-11/h2-5,11,19H,6-10H2,1H3.